The van der Waals surface area contributed by atoms with Crippen molar-refractivity contribution in [3.8, 4) is 5.75 Å². The number of aryl methyl sites for hydroxylation is 1. The highest BCUT2D eigenvalue weighted by molar-refractivity contribution is 5.84. The van der Waals surface area contributed by atoms with Gasteiger partial charge in [0.15, 0.2) is 0 Å². The molecular weight excluding hydrogens is 348 g/mol. The lowest BCUT2D eigenvalue weighted by atomic mass is 10.2. The third kappa shape index (κ3) is 3.28. The number of aromatic nitrogens is 3. The van der Waals surface area contributed by atoms with Crippen LogP contribution in [-0.4, -0.2) is 52.4 Å². The van der Waals surface area contributed by atoms with Gasteiger partial charge >= 0.3 is 0 Å². The number of ether oxygens (including phenoxy) is 2. The van der Waals surface area contributed by atoms with Crippen molar-refractivity contribution in [2.45, 2.75) is 32.0 Å². The molecule has 1 aromatic carbocycles. The maximum absolute atomic E-state index is 13.1. The number of hydrogen-bond acceptors (Lipinski definition) is 6. The lowest BCUT2D eigenvalue weighted by molar-refractivity contribution is -0.133. The van der Waals surface area contributed by atoms with Crippen LogP contribution in [0.2, 0.25) is 0 Å². The van der Waals surface area contributed by atoms with Gasteiger partial charge in [-0.05, 0) is 24.3 Å². The van der Waals surface area contributed by atoms with Crippen LogP contribution in [0.15, 0.2) is 34.9 Å². The van der Waals surface area contributed by atoms with Crippen LogP contribution in [0.25, 0.3) is 10.9 Å². The Morgan fingerprint density at radius 3 is 2.85 bits per heavy atom. The van der Waals surface area contributed by atoms with E-state index in [0.29, 0.717) is 24.7 Å². The highest BCUT2D eigenvalue weighted by Gasteiger charge is 2.39. The normalized spacial score (nSPS) is 19.7. The third-order valence-electron chi connectivity index (χ3n) is 5.03. The number of fused-ring (bicyclic) bond motifs is 1. The summed E-state index contributed by atoms with van der Waals surface area (Å²) in [6.07, 6.45) is 2.52. The van der Waals surface area contributed by atoms with Gasteiger partial charge in [-0.3, -0.25) is 4.79 Å². The van der Waals surface area contributed by atoms with Crippen LogP contribution >= 0.6 is 0 Å². The van der Waals surface area contributed by atoms with Crippen molar-refractivity contribution in [2.75, 3.05) is 20.8 Å². The zero-order valence-corrected chi connectivity index (χ0v) is 15.6. The van der Waals surface area contributed by atoms with Crippen molar-refractivity contribution in [3.05, 3.63) is 42.2 Å². The van der Waals surface area contributed by atoms with Gasteiger partial charge in [-0.25, -0.2) is 0 Å². The number of carbonyl (C=O) groups is 1. The first kappa shape index (κ1) is 17.5. The maximum atomic E-state index is 13.1. The number of likely N-dealkylation sites (tertiary alicyclic amines) is 1. The van der Waals surface area contributed by atoms with Gasteiger partial charge in [0.1, 0.15) is 18.3 Å². The van der Waals surface area contributed by atoms with Crippen LogP contribution in [0.4, 0.5) is 0 Å². The van der Waals surface area contributed by atoms with E-state index in [1.54, 1.807) is 26.0 Å². The van der Waals surface area contributed by atoms with Crippen molar-refractivity contribution in [1.29, 1.82) is 0 Å². The topological polar surface area (TPSA) is 82.6 Å². The fraction of sp³-hybridized carbons (Fsp3) is 0.421. The molecule has 0 spiro atoms. The largest absolute Gasteiger partial charge is 0.497 e. The molecule has 0 aliphatic carbocycles. The number of methoxy groups -OCH3 is 2. The Labute approximate surface area is 156 Å². The molecule has 3 aromatic rings. The van der Waals surface area contributed by atoms with Gasteiger partial charge in [0.05, 0.1) is 13.2 Å². The second-order valence-corrected chi connectivity index (χ2v) is 6.68. The third-order valence-corrected chi connectivity index (χ3v) is 5.03. The minimum atomic E-state index is -0.259. The van der Waals surface area contributed by atoms with Crippen LogP contribution in [0.1, 0.15) is 24.2 Å². The molecule has 0 unspecified atom stereocenters. The highest BCUT2D eigenvalue weighted by Crippen LogP contribution is 2.33. The highest BCUT2D eigenvalue weighted by atomic mass is 16.5. The fourth-order valence-corrected chi connectivity index (χ4v) is 3.60. The lowest BCUT2D eigenvalue weighted by Gasteiger charge is -2.22. The van der Waals surface area contributed by atoms with Crippen molar-refractivity contribution in [2.24, 2.45) is 0 Å². The standard InChI is InChI=1S/C19H22N4O4/c1-12-20-21-19(27-12)17-9-15(26-3)10-23(17)18(24)11-22-7-6-13-8-14(25-2)4-5-16(13)22/h4-8,15,17H,9-11H2,1-3H3/t15-,17-/m1/s1. The zero-order chi connectivity index (χ0) is 19.0. The zero-order valence-electron chi connectivity index (χ0n) is 15.6. The molecule has 2 aromatic heterocycles. The van der Waals surface area contributed by atoms with Crippen molar-refractivity contribution in [1.82, 2.24) is 19.7 Å². The molecule has 0 N–H and O–H groups in total. The van der Waals surface area contributed by atoms with Gasteiger partial charge in [0.25, 0.3) is 0 Å². The molecule has 3 heterocycles. The summed E-state index contributed by atoms with van der Waals surface area (Å²) in [5.41, 5.74) is 0.983. The fourth-order valence-electron chi connectivity index (χ4n) is 3.60. The summed E-state index contributed by atoms with van der Waals surface area (Å²) in [7, 11) is 3.29. The summed E-state index contributed by atoms with van der Waals surface area (Å²) in [6, 6.07) is 7.53. The molecule has 8 nitrogen and oxygen atoms in total. The predicted molar refractivity (Wildman–Crippen MR) is 97.4 cm³/mol. The molecule has 27 heavy (non-hydrogen) atoms. The van der Waals surface area contributed by atoms with E-state index in [-0.39, 0.29) is 24.6 Å². The summed E-state index contributed by atoms with van der Waals surface area (Å²) >= 11 is 0. The average Bonchev–Trinajstić information content (AvgIpc) is 3.39. The minimum absolute atomic E-state index is 0.0104. The van der Waals surface area contributed by atoms with Crippen LogP contribution < -0.4 is 4.74 Å². The van der Waals surface area contributed by atoms with E-state index < -0.39 is 0 Å². The van der Waals surface area contributed by atoms with E-state index in [9.17, 15) is 4.79 Å². The number of rotatable bonds is 5. The Balaban J connectivity index is 1.57. The smallest absolute Gasteiger partial charge is 0.243 e. The van der Waals surface area contributed by atoms with Crippen LogP contribution in [-0.2, 0) is 16.1 Å². The summed E-state index contributed by atoms with van der Waals surface area (Å²) in [6.45, 7) is 2.48. The van der Waals surface area contributed by atoms with E-state index in [4.69, 9.17) is 13.9 Å². The molecule has 1 amide bonds. The van der Waals surface area contributed by atoms with Gasteiger partial charge in [0, 0.05) is 44.1 Å². The summed E-state index contributed by atoms with van der Waals surface area (Å²) in [4.78, 5) is 14.8. The molecule has 142 valence electrons. The molecule has 0 radical (unpaired) electrons. The number of carbonyl (C=O) groups excluding carboxylic acids is 1. The molecular formula is C19H22N4O4. The summed E-state index contributed by atoms with van der Waals surface area (Å²) in [5, 5.41) is 9.03. The molecule has 1 fully saturated rings. The molecule has 8 heteroatoms. The molecule has 2 atom stereocenters. The van der Waals surface area contributed by atoms with Crippen molar-refractivity contribution in [3.63, 3.8) is 0 Å². The van der Waals surface area contributed by atoms with E-state index in [0.717, 1.165) is 16.7 Å². The summed E-state index contributed by atoms with van der Waals surface area (Å²) in [5.74, 6) is 1.73. The maximum Gasteiger partial charge on any atom is 0.243 e. The molecule has 1 aliphatic rings. The summed E-state index contributed by atoms with van der Waals surface area (Å²) < 4.78 is 18.3. The molecule has 0 saturated carbocycles. The Morgan fingerprint density at radius 1 is 1.30 bits per heavy atom. The predicted octanol–water partition coefficient (Wildman–Crippen LogP) is 2.33. The van der Waals surface area contributed by atoms with E-state index in [2.05, 4.69) is 10.2 Å². The van der Waals surface area contributed by atoms with Crippen molar-refractivity contribution < 1.29 is 18.7 Å². The Kier molecular flexibility index (Phi) is 4.57. The number of amides is 1. The quantitative estimate of drug-likeness (QED) is 0.686. The van der Waals surface area contributed by atoms with Crippen LogP contribution in [0, 0.1) is 6.92 Å². The van der Waals surface area contributed by atoms with E-state index in [1.165, 1.54) is 0 Å². The van der Waals surface area contributed by atoms with Gasteiger partial charge in [-0.1, -0.05) is 0 Å². The van der Waals surface area contributed by atoms with Gasteiger partial charge in [0.2, 0.25) is 17.7 Å². The molecule has 0 bridgehead atoms. The number of nitrogens with zero attached hydrogens (tertiary/aromatic N) is 4. The Hall–Kier alpha value is -2.87. The number of benzene rings is 1. The first-order chi connectivity index (χ1) is 13.1. The van der Waals surface area contributed by atoms with Crippen LogP contribution in [0.3, 0.4) is 0 Å². The minimum Gasteiger partial charge on any atom is -0.497 e. The first-order valence-electron chi connectivity index (χ1n) is 8.84. The molecule has 4 rings (SSSR count). The van der Waals surface area contributed by atoms with Gasteiger partial charge in [-0.15, -0.1) is 10.2 Å². The van der Waals surface area contributed by atoms with Crippen LogP contribution in [0.5, 0.6) is 5.75 Å². The van der Waals surface area contributed by atoms with E-state index in [1.807, 2.05) is 35.0 Å². The first-order valence-corrected chi connectivity index (χ1v) is 8.84. The second-order valence-electron chi connectivity index (χ2n) is 6.68. The SMILES string of the molecule is COc1ccc2c(ccn2CC(=O)N2C[C@H](OC)C[C@@H]2c2nnc(C)o2)c1. The second kappa shape index (κ2) is 7.03. The average molecular weight is 370 g/mol. The Morgan fingerprint density at radius 2 is 2.15 bits per heavy atom. The van der Waals surface area contributed by atoms with Gasteiger partial charge in [-0.2, -0.15) is 0 Å². The van der Waals surface area contributed by atoms with E-state index >= 15 is 0 Å². The lowest BCUT2D eigenvalue weighted by Crippen LogP contribution is -2.34. The molecule has 1 aliphatic heterocycles. The number of hydrogen-bond donors (Lipinski definition) is 0. The van der Waals surface area contributed by atoms with Crippen molar-refractivity contribution >= 4 is 16.8 Å². The van der Waals surface area contributed by atoms with Gasteiger partial charge < -0.3 is 23.4 Å². The Bertz CT molecular complexity index is 964. The monoisotopic (exact) mass is 370 g/mol. The molecule has 1 saturated heterocycles.